The van der Waals surface area contributed by atoms with Crippen molar-refractivity contribution in [1.82, 2.24) is 4.90 Å². The van der Waals surface area contributed by atoms with Crippen LogP contribution in [-0.2, 0) is 11.3 Å². The molecule has 0 aromatic heterocycles. The molecule has 8 nitrogen and oxygen atoms in total. The molecule has 1 saturated heterocycles. The van der Waals surface area contributed by atoms with Gasteiger partial charge < -0.3 is 34.4 Å². The van der Waals surface area contributed by atoms with Crippen LogP contribution in [0.5, 0.6) is 11.5 Å². The number of carbonyl (C=O) groups is 1. The summed E-state index contributed by atoms with van der Waals surface area (Å²) < 4.78 is 16.7. The van der Waals surface area contributed by atoms with E-state index in [0.717, 1.165) is 28.2 Å². The smallest absolute Gasteiger partial charge is 0.407 e. The summed E-state index contributed by atoms with van der Waals surface area (Å²) in [5.41, 5.74) is 1.75. The third kappa shape index (κ3) is 6.10. The van der Waals surface area contributed by atoms with Crippen LogP contribution in [0.15, 0.2) is 48.5 Å². The maximum absolute atomic E-state index is 11.1. The second-order valence-electron chi connectivity index (χ2n) is 7.48. The average molecular weight is 431 g/mol. The number of aliphatic hydroxyl groups excluding tert-OH is 2. The molecule has 1 fully saturated rings. The first-order valence-electron chi connectivity index (χ1n) is 10.3. The van der Waals surface area contributed by atoms with Crippen LogP contribution >= 0.6 is 0 Å². The third-order valence-corrected chi connectivity index (χ3v) is 5.33. The van der Waals surface area contributed by atoms with Crippen molar-refractivity contribution in [3.05, 3.63) is 59.7 Å². The van der Waals surface area contributed by atoms with Crippen molar-refractivity contribution >= 4 is 6.09 Å². The Labute approximate surface area is 181 Å². The van der Waals surface area contributed by atoms with Crippen LogP contribution in [0.1, 0.15) is 23.5 Å². The first-order chi connectivity index (χ1) is 15.0. The Hall–Kier alpha value is -2.81. The number of amides is 1. The zero-order valence-electron chi connectivity index (χ0n) is 17.5. The van der Waals surface area contributed by atoms with E-state index in [-0.39, 0.29) is 13.1 Å². The topological polar surface area (TPSA) is 109 Å². The molecule has 3 rings (SSSR count). The van der Waals surface area contributed by atoms with Gasteiger partial charge in [-0.1, -0.05) is 30.3 Å². The summed E-state index contributed by atoms with van der Waals surface area (Å²) in [5.74, 6) is 0.955. The molecule has 0 aliphatic carbocycles. The lowest BCUT2D eigenvalue weighted by atomic mass is 9.85. The van der Waals surface area contributed by atoms with E-state index in [1.54, 1.807) is 31.4 Å². The molecule has 1 aliphatic rings. The summed E-state index contributed by atoms with van der Waals surface area (Å²) in [5, 5.41) is 29.7. The molecule has 1 amide bonds. The summed E-state index contributed by atoms with van der Waals surface area (Å²) in [6.45, 7) is 1.47. The lowest BCUT2D eigenvalue weighted by molar-refractivity contribution is -0.0229. The highest BCUT2D eigenvalue weighted by atomic mass is 16.5. The summed E-state index contributed by atoms with van der Waals surface area (Å²) in [6.07, 6.45) is -2.35. The monoisotopic (exact) mass is 431 g/mol. The number of aliphatic hydroxyl groups is 2. The van der Waals surface area contributed by atoms with Gasteiger partial charge in [-0.05, 0) is 23.8 Å². The molecular formula is C23H29NO7. The van der Waals surface area contributed by atoms with E-state index in [4.69, 9.17) is 19.3 Å². The van der Waals surface area contributed by atoms with Crippen LogP contribution in [0.3, 0.4) is 0 Å². The van der Waals surface area contributed by atoms with Crippen molar-refractivity contribution in [3.8, 4) is 11.5 Å². The number of likely N-dealkylation sites (tertiary alicyclic amines) is 1. The van der Waals surface area contributed by atoms with Crippen LogP contribution in [-0.4, -0.2) is 71.9 Å². The quantitative estimate of drug-likeness (QED) is 0.524. The summed E-state index contributed by atoms with van der Waals surface area (Å²) >= 11 is 0. The highest BCUT2D eigenvalue weighted by molar-refractivity contribution is 5.65. The van der Waals surface area contributed by atoms with E-state index < -0.39 is 24.2 Å². The number of rotatable bonds is 9. The second-order valence-corrected chi connectivity index (χ2v) is 7.48. The largest absolute Gasteiger partial charge is 0.496 e. The van der Waals surface area contributed by atoms with E-state index in [1.807, 2.05) is 24.3 Å². The van der Waals surface area contributed by atoms with Crippen LogP contribution in [0, 0.1) is 0 Å². The molecule has 1 unspecified atom stereocenters. The summed E-state index contributed by atoms with van der Waals surface area (Å²) in [7, 11) is 1.64. The lowest BCUT2D eigenvalue weighted by Crippen LogP contribution is -2.52. The standard InChI is InChI=1S/C23H29NO7/c1-29-21-6-3-2-5-17(21)15-30-11-4-12-31-18-9-7-16(8-10-18)22-19(25)13-24(23(27)28)14-20(22)26/h2-3,5-10,19-20,22,25-26H,4,11-15H2,1H3,(H,27,28)/t19-,20+,22?. The number of piperidine rings is 1. The van der Waals surface area contributed by atoms with Gasteiger partial charge in [-0.15, -0.1) is 0 Å². The predicted molar refractivity (Wildman–Crippen MR) is 114 cm³/mol. The number of hydrogen-bond acceptors (Lipinski definition) is 6. The van der Waals surface area contributed by atoms with Gasteiger partial charge in [0.1, 0.15) is 11.5 Å². The Morgan fingerprint density at radius 2 is 1.71 bits per heavy atom. The minimum absolute atomic E-state index is 0.0236. The fourth-order valence-electron chi connectivity index (χ4n) is 3.75. The van der Waals surface area contributed by atoms with Crippen LogP contribution in [0.4, 0.5) is 4.79 Å². The minimum atomic E-state index is -1.15. The zero-order valence-corrected chi connectivity index (χ0v) is 17.5. The van der Waals surface area contributed by atoms with Gasteiger partial charge in [0, 0.05) is 17.9 Å². The highest BCUT2D eigenvalue weighted by Crippen LogP contribution is 2.30. The van der Waals surface area contributed by atoms with Crippen LogP contribution in [0.2, 0.25) is 0 Å². The maximum Gasteiger partial charge on any atom is 0.407 e. The van der Waals surface area contributed by atoms with E-state index in [9.17, 15) is 15.0 Å². The van der Waals surface area contributed by atoms with Gasteiger partial charge in [0.15, 0.2) is 0 Å². The van der Waals surface area contributed by atoms with Crippen molar-refractivity contribution in [2.45, 2.75) is 31.2 Å². The number of hydrogen-bond donors (Lipinski definition) is 3. The zero-order chi connectivity index (χ0) is 22.2. The Balaban J connectivity index is 1.41. The molecule has 3 atom stereocenters. The van der Waals surface area contributed by atoms with E-state index in [1.165, 1.54) is 0 Å². The van der Waals surface area contributed by atoms with E-state index >= 15 is 0 Å². The lowest BCUT2D eigenvalue weighted by Gasteiger charge is -2.38. The average Bonchev–Trinajstić information content (AvgIpc) is 2.76. The van der Waals surface area contributed by atoms with Gasteiger partial charge in [0.05, 0.1) is 52.2 Å². The molecule has 0 radical (unpaired) electrons. The van der Waals surface area contributed by atoms with Crippen molar-refractivity contribution in [2.24, 2.45) is 0 Å². The first-order valence-corrected chi connectivity index (χ1v) is 10.3. The Bertz CT molecular complexity index is 830. The van der Waals surface area contributed by atoms with Gasteiger partial charge >= 0.3 is 6.09 Å². The van der Waals surface area contributed by atoms with Crippen molar-refractivity contribution in [3.63, 3.8) is 0 Å². The molecule has 168 valence electrons. The highest BCUT2D eigenvalue weighted by Gasteiger charge is 2.37. The number of nitrogens with zero attached hydrogens (tertiary/aromatic N) is 1. The molecular weight excluding hydrogens is 402 g/mol. The molecule has 1 aliphatic heterocycles. The number of para-hydroxylation sites is 1. The SMILES string of the molecule is COc1ccccc1COCCCOc1ccc(C2[C@H](O)CN(C(=O)O)C[C@@H]2O)cc1. The maximum atomic E-state index is 11.1. The molecule has 8 heteroatoms. The second kappa shape index (κ2) is 11.0. The Kier molecular flexibility index (Phi) is 8.11. The molecule has 31 heavy (non-hydrogen) atoms. The number of ether oxygens (including phenoxy) is 3. The van der Waals surface area contributed by atoms with Crippen LogP contribution < -0.4 is 9.47 Å². The van der Waals surface area contributed by atoms with Crippen molar-refractivity contribution in [2.75, 3.05) is 33.4 Å². The Morgan fingerprint density at radius 1 is 1.03 bits per heavy atom. The van der Waals surface area contributed by atoms with Gasteiger partial charge in [0.2, 0.25) is 0 Å². The molecule has 0 saturated carbocycles. The normalized spacial score (nSPS) is 21.0. The van der Waals surface area contributed by atoms with Crippen molar-refractivity contribution in [1.29, 1.82) is 0 Å². The van der Waals surface area contributed by atoms with Gasteiger partial charge in [-0.3, -0.25) is 0 Å². The number of β-amino-alcohol motifs (C(OH)–C–C–N with tert-alkyl or cyclic N) is 2. The number of benzene rings is 2. The molecule has 0 spiro atoms. The fourth-order valence-corrected chi connectivity index (χ4v) is 3.75. The fraction of sp³-hybridized carbons (Fsp3) is 0.435. The number of methoxy groups -OCH3 is 1. The van der Waals surface area contributed by atoms with E-state index in [0.29, 0.717) is 25.6 Å². The van der Waals surface area contributed by atoms with Crippen molar-refractivity contribution < 1.29 is 34.3 Å². The summed E-state index contributed by atoms with van der Waals surface area (Å²) in [4.78, 5) is 12.1. The third-order valence-electron chi connectivity index (χ3n) is 5.33. The molecule has 3 N–H and O–H groups in total. The van der Waals surface area contributed by atoms with E-state index in [2.05, 4.69) is 0 Å². The first kappa shape index (κ1) is 22.9. The molecule has 1 heterocycles. The predicted octanol–water partition coefficient (Wildman–Crippen LogP) is 2.48. The van der Waals surface area contributed by atoms with Crippen LogP contribution in [0.25, 0.3) is 0 Å². The summed E-state index contributed by atoms with van der Waals surface area (Å²) in [6, 6.07) is 14.9. The minimum Gasteiger partial charge on any atom is -0.496 e. The van der Waals surface area contributed by atoms with Gasteiger partial charge in [0.25, 0.3) is 0 Å². The molecule has 0 bridgehead atoms. The molecule has 2 aromatic rings. The van der Waals surface area contributed by atoms with Gasteiger partial charge in [-0.25, -0.2) is 4.79 Å². The number of carboxylic acid groups (broad SMARTS) is 1. The Morgan fingerprint density at radius 3 is 2.35 bits per heavy atom. The van der Waals surface area contributed by atoms with Gasteiger partial charge in [-0.2, -0.15) is 0 Å². The molecule has 2 aromatic carbocycles.